The lowest BCUT2D eigenvalue weighted by molar-refractivity contribution is 0.102. The Morgan fingerprint density at radius 1 is 1.60 bits per heavy atom. The summed E-state index contributed by atoms with van der Waals surface area (Å²) in [5.41, 5.74) is 2.22. The summed E-state index contributed by atoms with van der Waals surface area (Å²) in [5, 5.41) is 20.9. The first kappa shape index (κ1) is 14.2. The average Bonchev–Trinajstić information content (AvgIpc) is 3.04. The quantitative estimate of drug-likeness (QED) is 0.511. The summed E-state index contributed by atoms with van der Waals surface area (Å²) < 4.78 is 1.61. The maximum Gasteiger partial charge on any atom is 0.260 e. The zero-order valence-corrected chi connectivity index (χ0v) is 12.2. The number of amides is 1. The second-order valence-electron chi connectivity index (χ2n) is 4.19. The molecule has 0 bridgehead atoms. The van der Waals surface area contributed by atoms with Crippen LogP contribution in [0.15, 0.2) is 16.7 Å². The second kappa shape index (κ2) is 5.83. The van der Waals surface area contributed by atoms with Crippen LogP contribution in [0.5, 0.6) is 0 Å². The minimum Gasteiger partial charge on any atom is -0.411 e. The topological polar surface area (TPSA) is 92.4 Å². The van der Waals surface area contributed by atoms with E-state index in [0.29, 0.717) is 28.5 Å². The molecule has 0 atom stereocenters. The highest BCUT2D eigenvalue weighted by atomic mass is 32.1. The summed E-state index contributed by atoms with van der Waals surface area (Å²) in [6, 6.07) is 0. The van der Waals surface area contributed by atoms with Crippen molar-refractivity contribution < 1.29 is 10.0 Å². The van der Waals surface area contributed by atoms with Crippen molar-refractivity contribution in [2.45, 2.75) is 20.3 Å². The van der Waals surface area contributed by atoms with Gasteiger partial charge in [0.2, 0.25) is 0 Å². The molecule has 2 heterocycles. The van der Waals surface area contributed by atoms with Gasteiger partial charge in [0, 0.05) is 18.6 Å². The molecule has 0 spiro atoms. The van der Waals surface area contributed by atoms with E-state index in [0.717, 1.165) is 5.69 Å². The van der Waals surface area contributed by atoms with Gasteiger partial charge in [-0.2, -0.15) is 5.10 Å². The Morgan fingerprint density at radius 3 is 3.00 bits per heavy atom. The monoisotopic (exact) mass is 293 g/mol. The van der Waals surface area contributed by atoms with E-state index in [1.54, 1.807) is 30.2 Å². The number of nitrogens with zero attached hydrogens (tertiary/aromatic N) is 4. The fourth-order valence-electron chi connectivity index (χ4n) is 1.70. The second-order valence-corrected chi connectivity index (χ2v) is 5.05. The normalized spacial score (nSPS) is 11.7. The lowest BCUT2D eigenvalue weighted by Crippen LogP contribution is -2.13. The zero-order valence-electron chi connectivity index (χ0n) is 11.4. The Labute approximate surface area is 120 Å². The molecule has 0 aliphatic heterocycles. The van der Waals surface area contributed by atoms with Gasteiger partial charge in [-0.25, -0.2) is 4.98 Å². The largest absolute Gasteiger partial charge is 0.411 e. The first-order chi connectivity index (χ1) is 9.55. The third-order valence-electron chi connectivity index (χ3n) is 2.73. The van der Waals surface area contributed by atoms with E-state index < -0.39 is 0 Å². The highest BCUT2D eigenvalue weighted by molar-refractivity contribution is 7.14. The van der Waals surface area contributed by atoms with E-state index >= 15 is 0 Å². The highest BCUT2D eigenvalue weighted by Gasteiger charge is 2.16. The van der Waals surface area contributed by atoms with E-state index in [1.807, 2.05) is 6.92 Å². The first-order valence-corrected chi connectivity index (χ1v) is 6.91. The number of aromatic nitrogens is 3. The summed E-state index contributed by atoms with van der Waals surface area (Å²) in [6.07, 6.45) is 2.37. The van der Waals surface area contributed by atoms with Crippen molar-refractivity contribution in [2.24, 2.45) is 12.2 Å². The van der Waals surface area contributed by atoms with Crippen molar-refractivity contribution >= 4 is 28.1 Å². The first-order valence-electron chi connectivity index (χ1n) is 6.03. The van der Waals surface area contributed by atoms with Gasteiger partial charge in [0.1, 0.15) is 11.4 Å². The number of aryl methyl sites for hydroxylation is 2. The standard InChI is InChI=1S/C12H15N5O2S/c1-4-9-8(5-17(3)15-9)11(18)14-12-13-10(6-20-12)7(2)16-19/h5-6,19H,4H2,1-3H3,(H,13,14,18)/b16-7+. The number of hydrogen-bond donors (Lipinski definition) is 2. The van der Waals surface area contributed by atoms with Gasteiger partial charge in [-0.3, -0.25) is 14.8 Å². The molecule has 0 aliphatic rings. The fraction of sp³-hybridized carbons (Fsp3) is 0.333. The molecule has 106 valence electrons. The van der Waals surface area contributed by atoms with Crippen LogP contribution in [-0.4, -0.2) is 31.6 Å². The lowest BCUT2D eigenvalue weighted by atomic mass is 10.2. The van der Waals surface area contributed by atoms with Gasteiger partial charge in [0.05, 0.1) is 11.3 Å². The Kier molecular flexibility index (Phi) is 4.14. The Hall–Kier alpha value is -2.22. The van der Waals surface area contributed by atoms with Crippen LogP contribution in [0, 0.1) is 0 Å². The van der Waals surface area contributed by atoms with Gasteiger partial charge >= 0.3 is 0 Å². The summed E-state index contributed by atoms with van der Waals surface area (Å²) in [7, 11) is 1.78. The summed E-state index contributed by atoms with van der Waals surface area (Å²) in [4.78, 5) is 16.4. The van der Waals surface area contributed by atoms with Crippen LogP contribution in [0.1, 0.15) is 35.6 Å². The van der Waals surface area contributed by atoms with E-state index in [1.165, 1.54) is 11.3 Å². The lowest BCUT2D eigenvalue weighted by Gasteiger charge is -2.00. The summed E-state index contributed by atoms with van der Waals surface area (Å²) in [5.74, 6) is -0.241. The molecule has 20 heavy (non-hydrogen) atoms. The molecule has 0 fully saturated rings. The summed E-state index contributed by atoms with van der Waals surface area (Å²) >= 11 is 1.27. The van der Waals surface area contributed by atoms with Crippen LogP contribution in [0.4, 0.5) is 5.13 Å². The number of hydrogen-bond acceptors (Lipinski definition) is 6. The molecule has 7 nitrogen and oxygen atoms in total. The molecule has 0 unspecified atom stereocenters. The van der Waals surface area contributed by atoms with Gasteiger partial charge in [-0.15, -0.1) is 11.3 Å². The molecule has 2 N–H and O–H groups in total. The maximum absolute atomic E-state index is 12.2. The SMILES string of the molecule is CCc1nn(C)cc1C(=O)Nc1nc(/C(C)=N/O)cs1. The van der Waals surface area contributed by atoms with Crippen LogP contribution in [-0.2, 0) is 13.5 Å². The molecule has 2 rings (SSSR count). The van der Waals surface area contributed by atoms with E-state index in [-0.39, 0.29) is 5.91 Å². The number of nitrogens with one attached hydrogen (secondary N) is 1. The van der Waals surface area contributed by atoms with Gasteiger partial charge < -0.3 is 5.21 Å². The highest BCUT2D eigenvalue weighted by Crippen LogP contribution is 2.18. The Morgan fingerprint density at radius 2 is 2.35 bits per heavy atom. The van der Waals surface area contributed by atoms with Crippen molar-refractivity contribution in [1.82, 2.24) is 14.8 Å². The molecule has 0 saturated heterocycles. The van der Waals surface area contributed by atoms with Gasteiger partial charge in [-0.05, 0) is 13.3 Å². The van der Waals surface area contributed by atoms with Crippen LogP contribution >= 0.6 is 11.3 Å². The van der Waals surface area contributed by atoms with Crippen LogP contribution in [0.2, 0.25) is 0 Å². The molecule has 0 aliphatic carbocycles. The number of rotatable bonds is 4. The van der Waals surface area contributed by atoms with Crippen molar-refractivity contribution in [3.05, 3.63) is 28.5 Å². The smallest absolute Gasteiger partial charge is 0.260 e. The number of anilines is 1. The average molecular weight is 293 g/mol. The van der Waals surface area contributed by atoms with Crippen molar-refractivity contribution in [1.29, 1.82) is 0 Å². The minimum atomic E-state index is -0.241. The predicted molar refractivity (Wildman–Crippen MR) is 76.7 cm³/mol. The molecule has 1 amide bonds. The summed E-state index contributed by atoms with van der Waals surface area (Å²) in [6.45, 7) is 3.58. The van der Waals surface area contributed by atoms with Crippen LogP contribution in [0.3, 0.4) is 0 Å². The molecule has 0 aromatic carbocycles. The van der Waals surface area contributed by atoms with Gasteiger partial charge in [-0.1, -0.05) is 12.1 Å². The molecular formula is C12H15N5O2S. The molecule has 8 heteroatoms. The molecule has 2 aromatic heterocycles. The fourth-order valence-corrected chi connectivity index (χ4v) is 2.45. The van der Waals surface area contributed by atoms with Crippen LogP contribution < -0.4 is 5.32 Å². The molecule has 0 radical (unpaired) electrons. The molecular weight excluding hydrogens is 278 g/mol. The third kappa shape index (κ3) is 2.85. The van der Waals surface area contributed by atoms with E-state index in [4.69, 9.17) is 5.21 Å². The Bertz CT molecular complexity index is 659. The Balaban J connectivity index is 2.17. The maximum atomic E-state index is 12.2. The zero-order chi connectivity index (χ0) is 14.7. The number of carbonyl (C=O) groups excluding carboxylic acids is 1. The number of oxime groups is 1. The molecule has 0 saturated carbocycles. The van der Waals surface area contributed by atoms with Crippen LogP contribution in [0.25, 0.3) is 0 Å². The van der Waals surface area contributed by atoms with Crippen molar-refractivity contribution in [3.63, 3.8) is 0 Å². The van der Waals surface area contributed by atoms with E-state index in [9.17, 15) is 4.79 Å². The van der Waals surface area contributed by atoms with E-state index in [2.05, 4.69) is 20.6 Å². The number of thiazole rings is 1. The molecule has 2 aromatic rings. The third-order valence-corrected chi connectivity index (χ3v) is 3.49. The van der Waals surface area contributed by atoms with Crippen molar-refractivity contribution in [3.8, 4) is 0 Å². The predicted octanol–water partition coefficient (Wildman–Crippen LogP) is 1.89. The minimum absolute atomic E-state index is 0.241. The van der Waals surface area contributed by atoms with Gasteiger partial charge in [0.15, 0.2) is 5.13 Å². The number of carbonyl (C=O) groups is 1. The van der Waals surface area contributed by atoms with Gasteiger partial charge in [0.25, 0.3) is 5.91 Å². The van der Waals surface area contributed by atoms with Crippen molar-refractivity contribution in [2.75, 3.05) is 5.32 Å².